The fourth-order valence-electron chi connectivity index (χ4n) is 0.825. The Labute approximate surface area is 80.1 Å². The van der Waals surface area contributed by atoms with Crippen molar-refractivity contribution in [3.8, 4) is 0 Å². The van der Waals surface area contributed by atoms with Gasteiger partial charge in [-0.1, -0.05) is 22.9 Å². The van der Waals surface area contributed by atoms with Crippen molar-refractivity contribution in [2.45, 2.75) is 4.90 Å². The number of esters is 1. The van der Waals surface area contributed by atoms with Gasteiger partial charge in [-0.25, -0.2) is 4.79 Å². The third-order valence-corrected chi connectivity index (χ3v) is 2.53. The molecule has 0 spiro atoms. The molecule has 0 saturated heterocycles. The van der Waals surface area contributed by atoms with Crippen LogP contribution in [0.4, 0.5) is 0 Å². The van der Waals surface area contributed by atoms with E-state index in [1.54, 1.807) is 12.1 Å². The maximum atomic E-state index is 11.1. The minimum Gasteiger partial charge on any atom is -0.465 e. The van der Waals surface area contributed by atoms with Gasteiger partial charge in [0.05, 0.1) is 12.7 Å². The average molecular weight is 200 g/mol. The number of hydrogen-bond donors (Lipinski definition) is 1. The highest BCUT2D eigenvalue weighted by atomic mass is 33.1. The Kier molecular flexibility index (Phi) is 3.49. The van der Waals surface area contributed by atoms with Crippen LogP contribution in [0.15, 0.2) is 29.2 Å². The number of carbonyl (C=O) groups is 1. The van der Waals surface area contributed by atoms with Crippen LogP contribution < -0.4 is 0 Å². The van der Waals surface area contributed by atoms with Crippen LogP contribution in [0.3, 0.4) is 0 Å². The van der Waals surface area contributed by atoms with Crippen molar-refractivity contribution >= 4 is 28.4 Å². The number of thiol groups is 1. The largest absolute Gasteiger partial charge is 0.465 e. The van der Waals surface area contributed by atoms with Gasteiger partial charge in [-0.3, -0.25) is 0 Å². The second-order valence-corrected chi connectivity index (χ2v) is 3.25. The summed E-state index contributed by atoms with van der Waals surface area (Å²) in [5, 5.41) is 0. The summed E-state index contributed by atoms with van der Waals surface area (Å²) in [6.45, 7) is 0. The Morgan fingerprint density at radius 1 is 1.50 bits per heavy atom. The van der Waals surface area contributed by atoms with Crippen LogP contribution in [-0.4, -0.2) is 13.1 Å². The van der Waals surface area contributed by atoms with Gasteiger partial charge in [0.15, 0.2) is 0 Å². The lowest BCUT2D eigenvalue weighted by Crippen LogP contribution is -2.01. The predicted octanol–water partition coefficient (Wildman–Crippen LogP) is 2.41. The first-order chi connectivity index (χ1) is 5.79. The van der Waals surface area contributed by atoms with Gasteiger partial charge in [-0.15, -0.1) is 11.7 Å². The minimum atomic E-state index is -0.327. The van der Waals surface area contributed by atoms with Gasteiger partial charge in [0.2, 0.25) is 0 Å². The van der Waals surface area contributed by atoms with Crippen molar-refractivity contribution in [1.82, 2.24) is 0 Å². The summed E-state index contributed by atoms with van der Waals surface area (Å²) >= 11 is 4.02. The highest BCUT2D eigenvalue weighted by Gasteiger charge is 2.09. The lowest BCUT2D eigenvalue weighted by Gasteiger charge is -2.02. The average Bonchev–Trinajstić information content (AvgIpc) is 2.16. The predicted molar refractivity (Wildman–Crippen MR) is 52.6 cm³/mol. The van der Waals surface area contributed by atoms with Crippen LogP contribution in [0, 0.1) is 0 Å². The maximum Gasteiger partial charge on any atom is 0.339 e. The highest BCUT2D eigenvalue weighted by Crippen LogP contribution is 2.25. The molecule has 0 aliphatic rings. The van der Waals surface area contributed by atoms with Gasteiger partial charge in [-0.2, -0.15) is 0 Å². The van der Waals surface area contributed by atoms with E-state index >= 15 is 0 Å². The van der Waals surface area contributed by atoms with Gasteiger partial charge in [0.25, 0.3) is 0 Å². The number of methoxy groups -OCH3 is 1. The lowest BCUT2D eigenvalue weighted by molar-refractivity contribution is 0.0597. The molecule has 0 unspecified atom stereocenters. The topological polar surface area (TPSA) is 26.3 Å². The molecule has 0 fully saturated rings. The molecule has 0 aliphatic carbocycles. The van der Waals surface area contributed by atoms with E-state index in [1.807, 2.05) is 12.1 Å². The molecule has 1 rings (SSSR count). The normalized spacial score (nSPS) is 9.50. The highest BCUT2D eigenvalue weighted by molar-refractivity contribution is 8.68. The second kappa shape index (κ2) is 4.42. The second-order valence-electron chi connectivity index (χ2n) is 2.08. The Morgan fingerprint density at radius 3 is 2.75 bits per heavy atom. The van der Waals surface area contributed by atoms with Crippen molar-refractivity contribution in [3.05, 3.63) is 29.8 Å². The van der Waals surface area contributed by atoms with Gasteiger partial charge in [0, 0.05) is 4.90 Å². The lowest BCUT2D eigenvalue weighted by atomic mass is 10.2. The van der Waals surface area contributed by atoms with Crippen molar-refractivity contribution in [1.29, 1.82) is 0 Å². The third kappa shape index (κ3) is 1.95. The van der Waals surface area contributed by atoms with Crippen LogP contribution in [0.5, 0.6) is 0 Å². The Morgan fingerprint density at radius 2 is 2.17 bits per heavy atom. The summed E-state index contributed by atoms with van der Waals surface area (Å²) in [5.41, 5.74) is 0.556. The zero-order valence-corrected chi connectivity index (χ0v) is 8.19. The molecule has 0 N–H and O–H groups in total. The van der Waals surface area contributed by atoms with Gasteiger partial charge >= 0.3 is 5.97 Å². The SMILES string of the molecule is COC(=O)c1ccccc1SS. The molecule has 2 nitrogen and oxygen atoms in total. The Hall–Kier alpha value is -0.610. The van der Waals surface area contributed by atoms with Crippen LogP contribution in [0.25, 0.3) is 0 Å². The fourth-order valence-corrected chi connectivity index (χ4v) is 1.69. The summed E-state index contributed by atoms with van der Waals surface area (Å²) in [6.07, 6.45) is 0. The molecule has 0 saturated carbocycles. The van der Waals surface area contributed by atoms with E-state index in [0.717, 1.165) is 4.90 Å². The van der Waals surface area contributed by atoms with Gasteiger partial charge < -0.3 is 4.74 Å². The molecule has 0 radical (unpaired) electrons. The maximum absolute atomic E-state index is 11.1. The molecule has 0 aliphatic heterocycles. The molecule has 1 aromatic carbocycles. The first kappa shape index (κ1) is 9.48. The molecule has 64 valence electrons. The molecule has 0 atom stereocenters. The quantitative estimate of drug-likeness (QED) is 0.451. The van der Waals surface area contributed by atoms with E-state index in [9.17, 15) is 4.79 Å². The smallest absolute Gasteiger partial charge is 0.339 e. The number of rotatable bonds is 2. The summed E-state index contributed by atoms with van der Waals surface area (Å²) in [6, 6.07) is 7.18. The zero-order chi connectivity index (χ0) is 8.97. The van der Waals surface area contributed by atoms with E-state index in [-0.39, 0.29) is 5.97 Å². The number of benzene rings is 1. The first-order valence-electron chi connectivity index (χ1n) is 3.28. The standard InChI is InChI=1S/C8H8O2S2/c1-10-8(9)6-4-2-3-5-7(6)12-11/h2-5,11H,1H3. The Bertz CT molecular complexity index is 286. The summed E-state index contributed by atoms with van der Waals surface area (Å²) in [4.78, 5) is 11.9. The molecule has 0 heterocycles. The van der Waals surface area contributed by atoms with Crippen molar-refractivity contribution in [2.24, 2.45) is 0 Å². The Balaban J connectivity index is 3.04. The van der Waals surface area contributed by atoms with E-state index in [1.165, 1.54) is 17.9 Å². The van der Waals surface area contributed by atoms with Gasteiger partial charge in [0.1, 0.15) is 0 Å². The van der Waals surface area contributed by atoms with Crippen LogP contribution in [0.2, 0.25) is 0 Å². The molecule has 1 aromatic rings. The molecule has 0 aromatic heterocycles. The van der Waals surface area contributed by atoms with E-state index in [0.29, 0.717) is 5.56 Å². The van der Waals surface area contributed by atoms with Gasteiger partial charge in [-0.05, 0) is 12.1 Å². The van der Waals surface area contributed by atoms with E-state index < -0.39 is 0 Å². The molecule has 4 heteroatoms. The molecule has 12 heavy (non-hydrogen) atoms. The van der Waals surface area contributed by atoms with Crippen LogP contribution >= 0.6 is 22.5 Å². The molecule has 0 amide bonds. The van der Waals surface area contributed by atoms with E-state index in [2.05, 4.69) is 16.4 Å². The molecular formula is C8H8O2S2. The summed E-state index contributed by atoms with van der Waals surface area (Å²) in [7, 11) is 2.60. The van der Waals surface area contributed by atoms with Crippen molar-refractivity contribution < 1.29 is 9.53 Å². The summed E-state index contributed by atoms with van der Waals surface area (Å²) < 4.78 is 4.59. The number of ether oxygens (including phenoxy) is 1. The number of carbonyl (C=O) groups excluding carboxylic acids is 1. The molecule has 0 bridgehead atoms. The van der Waals surface area contributed by atoms with Crippen molar-refractivity contribution in [3.63, 3.8) is 0 Å². The van der Waals surface area contributed by atoms with Crippen LogP contribution in [0.1, 0.15) is 10.4 Å². The summed E-state index contributed by atoms with van der Waals surface area (Å²) in [5.74, 6) is -0.327. The zero-order valence-electron chi connectivity index (χ0n) is 6.48. The number of hydrogen-bond acceptors (Lipinski definition) is 4. The third-order valence-electron chi connectivity index (χ3n) is 1.39. The van der Waals surface area contributed by atoms with E-state index in [4.69, 9.17) is 0 Å². The fraction of sp³-hybridized carbons (Fsp3) is 0.125. The molecular weight excluding hydrogens is 192 g/mol. The van der Waals surface area contributed by atoms with Crippen molar-refractivity contribution in [2.75, 3.05) is 7.11 Å². The van der Waals surface area contributed by atoms with Crippen LogP contribution in [-0.2, 0) is 4.74 Å². The monoisotopic (exact) mass is 200 g/mol. The minimum absolute atomic E-state index is 0.327. The first-order valence-corrected chi connectivity index (χ1v) is 5.15.